The van der Waals surface area contributed by atoms with Crippen LogP contribution in [0.5, 0.6) is 0 Å². The fourth-order valence-corrected chi connectivity index (χ4v) is 1.28. The molecule has 0 aromatic rings. The van der Waals surface area contributed by atoms with Gasteiger partial charge >= 0.3 is 5.54 Å². The van der Waals surface area contributed by atoms with Gasteiger partial charge in [0.15, 0.2) is 5.78 Å². The lowest BCUT2D eigenvalue weighted by molar-refractivity contribution is -0.124. The normalized spacial score (nSPS) is 29.6. The van der Waals surface area contributed by atoms with Gasteiger partial charge in [-0.3, -0.25) is 9.59 Å². The summed E-state index contributed by atoms with van der Waals surface area (Å²) in [5, 5.41) is 8.58. The summed E-state index contributed by atoms with van der Waals surface area (Å²) in [6, 6.07) is 0. The minimum Gasteiger partial charge on any atom is -0.294 e. The molecule has 1 unspecified atom stereocenters. The molecule has 0 spiro atoms. The van der Waals surface area contributed by atoms with E-state index in [1.165, 1.54) is 13.0 Å². The van der Waals surface area contributed by atoms with Crippen LogP contribution in [0.2, 0.25) is 0 Å². The van der Waals surface area contributed by atoms with Crippen molar-refractivity contribution in [3.8, 4) is 0 Å². The standard InChI is InChI=1S/C8H9N2O2/c1-5-3-6(11)4-8(2,10-9)7(5)12/h3H,4H2,1-2H3/q+1. The molecular formula is C8H9N2O2+. The van der Waals surface area contributed by atoms with Gasteiger partial charge in [-0.25, -0.2) is 0 Å². The van der Waals surface area contributed by atoms with Gasteiger partial charge in [0.2, 0.25) is 5.39 Å². The Morgan fingerprint density at radius 3 is 2.67 bits per heavy atom. The quantitative estimate of drug-likeness (QED) is 0.504. The highest BCUT2D eigenvalue weighted by Gasteiger charge is 2.51. The summed E-state index contributed by atoms with van der Waals surface area (Å²) in [7, 11) is 0. The third-order valence-electron chi connectivity index (χ3n) is 1.96. The molecule has 0 bridgehead atoms. The van der Waals surface area contributed by atoms with E-state index in [1.807, 2.05) is 0 Å². The summed E-state index contributed by atoms with van der Waals surface area (Å²) in [6.45, 7) is 2.99. The lowest BCUT2D eigenvalue weighted by Crippen LogP contribution is -2.38. The van der Waals surface area contributed by atoms with Gasteiger partial charge in [0, 0.05) is 12.5 Å². The van der Waals surface area contributed by atoms with Crippen LogP contribution in [-0.4, -0.2) is 17.1 Å². The fraction of sp³-hybridized carbons (Fsp3) is 0.500. The number of nitrogens with zero attached hydrogens (tertiary/aromatic N) is 2. The van der Waals surface area contributed by atoms with Gasteiger partial charge in [-0.2, -0.15) is 0 Å². The van der Waals surface area contributed by atoms with E-state index < -0.39 is 5.54 Å². The van der Waals surface area contributed by atoms with Gasteiger partial charge < -0.3 is 0 Å². The first-order valence-corrected chi connectivity index (χ1v) is 3.62. The fourth-order valence-electron chi connectivity index (χ4n) is 1.28. The van der Waals surface area contributed by atoms with Crippen molar-refractivity contribution in [2.24, 2.45) is 0 Å². The molecule has 0 amide bonds. The molecule has 62 valence electrons. The van der Waals surface area contributed by atoms with Crippen molar-refractivity contribution in [3.63, 3.8) is 0 Å². The van der Waals surface area contributed by atoms with Crippen LogP contribution >= 0.6 is 0 Å². The molecule has 1 rings (SSSR count). The first-order chi connectivity index (χ1) is 5.49. The number of hydrogen-bond donors (Lipinski definition) is 0. The molecule has 0 aromatic carbocycles. The van der Waals surface area contributed by atoms with E-state index in [9.17, 15) is 9.59 Å². The lowest BCUT2D eigenvalue weighted by atomic mass is 9.82. The average Bonchev–Trinajstić information content (AvgIpc) is 2.00. The maximum Gasteiger partial charge on any atom is 0.387 e. The van der Waals surface area contributed by atoms with E-state index in [1.54, 1.807) is 6.92 Å². The van der Waals surface area contributed by atoms with Crippen LogP contribution in [0, 0.1) is 5.39 Å². The largest absolute Gasteiger partial charge is 0.387 e. The van der Waals surface area contributed by atoms with E-state index in [-0.39, 0.29) is 18.0 Å². The van der Waals surface area contributed by atoms with E-state index >= 15 is 0 Å². The molecule has 1 aliphatic rings. The van der Waals surface area contributed by atoms with E-state index in [4.69, 9.17) is 5.39 Å². The number of rotatable bonds is 0. The number of allylic oxidation sites excluding steroid dienone is 1. The van der Waals surface area contributed by atoms with E-state index in [2.05, 4.69) is 4.98 Å². The van der Waals surface area contributed by atoms with Crippen LogP contribution in [0.4, 0.5) is 0 Å². The number of diazo groups is 1. The smallest absolute Gasteiger partial charge is 0.294 e. The molecule has 12 heavy (non-hydrogen) atoms. The van der Waals surface area contributed by atoms with Crippen molar-refractivity contribution >= 4 is 11.6 Å². The van der Waals surface area contributed by atoms with Gasteiger partial charge in [0.1, 0.15) is 11.4 Å². The third kappa shape index (κ3) is 1.14. The molecule has 1 aliphatic carbocycles. The molecule has 0 aromatic heterocycles. The topological polar surface area (TPSA) is 62.3 Å². The molecule has 1 atom stereocenters. The van der Waals surface area contributed by atoms with Gasteiger partial charge in [-0.1, -0.05) is 0 Å². The second kappa shape index (κ2) is 2.52. The van der Waals surface area contributed by atoms with E-state index in [0.29, 0.717) is 5.57 Å². The summed E-state index contributed by atoms with van der Waals surface area (Å²) in [5.41, 5.74) is -0.901. The summed E-state index contributed by atoms with van der Waals surface area (Å²) >= 11 is 0. The van der Waals surface area contributed by atoms with Gasteiger partial charge in [0.25, 0.3) is 5.78 Å². The van der Waals surface area contributed by atoms with Crippen molar-refractivity contribution in [2.75, 3.05) is 0 Å². The van der Waals surface area contributed by atoms with Crippen LogP contribution in [0.3, 0.4) is 0 Å². The number of carbonyl (C=O) groups excluding carboxylic acids is 2. The number of ketones is 2. The van der Waals surface area contributed by atoms with Crippen LogP contribution in [0.25, 0.3) is 4.98 Å². The Kier molecular flexibility index (Phi) is 1.81. The molecule has 4 heteroatoms. The Morgan fingerprint density at radius 1 is 1.58 bits per heavy atom. The highest BCUT2D eigenvalue weighted by Crippen LogP contribution is 2.25. The van der Waals surface area contributed by atoms with Crippen LogP contribution in [0.1, 0.15) is 20.3 Å². The maximum absolute atomic E-state index is 11.3. The van der Waals surface area contributed by atoms with Gasteiger partial charge in [-0.15, -0.1) is 0 Å². The SMILES string of the molecule is CC1=CC(=O)CC(C)([N+]#N)C1=O. The first-order valence-electron chi connectivity index (χ1n) is 3.62. The molecule has 0 saturated heterocycles. The monoisotopic (exact) mass is 165 g/mol. The number of hydrogen-bond acceptors (Lipinski definition) is 3. The van der Waals surface area contributed by atoms with Crippen LogP contribution < -0.4 is 0 Å². The summed E-state index contributed by atoms with van der Waals surface area (Å²) in [4.78, 5) is 25.3. The molecular weight excluding hydrogens is 156 g/mol. The van der Waals surface area contributed by atoms with Gasteiger partial charge in [0.05, 0.1) is 0 Å². The zero-order valence-electron chi connectivity index (χ0n) is 7.00. The number of Topliss-reactive ketones (excluding diaryl/α,β-unsaturated/α-hetero) is 1. The minimum absolute atomic E-state index is 0.0420. The predicted molar refractivity (Wildman–Crippen MR) is 41.9 cm³/mol. The molecule has 0 fully saturated rings. The van der Waals surface area contributed by atoms with Crippen molar-refractivity contribution in [2.45, 2.75) is 25.8 Å². The predicted octanol–water partition coefficient (Wildman–Crippen LogP) is 1.09. The summed E-state index contributed by atoms with van der Waals surface area (Å²) in [5.74, 6) is -0.461. The highest BCUT2D eigenvalue weighted by atomic mass is 16.1. The zero-order chi connectivity index (χ0) is 9.35. The van der Waals surface area contributed by atoms with Crippen molar-refractivity contribution < 1.29 is 9.59 Å². The second-order valence-electron chi connectivity index (χ2n) is 3.17. The first kappa shape index (κ1) is 8.60. The van der Waals surface area contributed by atoms with Crippen molar-refractivity contribution in [1.82, 2.24) is 0 Å². The molecule has 0 radical (unpaired) electrons. The average molecular weight is 165 g/mol. The van der Waals surface area contributed by atoms with Crippen molar-refractivity contribution in [3.05, 3.63) is 16.6 Å². The Labute approximate surface area is 69.9 Å². The second-order valence-corrected chi connectivity index (χ2v) is 3.17. The number of carbonyl (C=O) groups is 2. The lowest BCUT2D eigenvalue weighted by Gasteiger charge is -2.12. The summed E-state index contributed by atoms with van der Waals surface area (Å²) < 4.78 is 0. The van der Waals surface area contributed by atoms with Gasteiger partial charge in [-0.05, 0) is 13.0 Å². The Hall–Kier alpha value is -1.50. The highest BCUT2D eigenvalue weighted by molar-refractivity contribution is 6.14. The molecule has 4 nitrogen and oxygen atoms in total. The molecule has 0 aliphatic heterocycles. The van der Waals surface area contributed by atoms with E-state index in [0.717, 1.165) is 0 Å². The van der Waals surface area contributed by atoms with Crippen molar-refractivity contribution in [1.29, 1.82) is 5.39 Å². The van der Waals surface area contributed by atoms with Crippen LogP contribution in [0.15, 0.2) is 11.6 Å². The summed E-state index contributed by atoms with van der Waals surface area (Å²) in [6.07, 6.45) is 1.24. The Morgan fingerprint density at radius 2 is 2.17 bits per heavy atom. The Balaban J connectivity index is 3.15. The molecule has 0 saturated carbocycles. The van der Waals surface area contributed by atoms with Crippen LogP contribution in [-0.2, 0) is 9.59 Å². The molecule has 0 heterocycles. The maximum atomic E-state index is 11.3. The third-order valence-corrected chi connectivity index (χ3v) is 1.96. The zero-order valence-corrected chi connectivity index (χ0v) is 7.00. The molecule has 0 N–H and O–H groups in total. The Bertz CT molecular complexity index is 324. The minimum atomic E-state index is -1.25.